The first-order chi connectivity index (χ1) is 7.72. The molecule has 1 atom stereocenters. The van der Waals surface area contributed by atoms with Crippen LogP contribution in [-0.2, 0) is 6.42 Å². The third-order valence-electron chi connectivity index (χ3n) is 2.54. The number of nitrogens with one attached hydrogen (secondary N) is 1. The van der Waals surface area contributed by atoms with Crippen molar-refractivity contribution in [1.29, 1.82) is 0 Å². The molecular weight excluding hydrogens is 234 g/mol. The molecule has 1 rings (SSSR count). The lowest BCUT2D eigenvalue weighted by molar-refractivity contribution is 0.572. The average Bonchev–Trinajstić information content (AvgIpc) is 2.75. The minimum absolute atomic E-state index is 0.656. The van der Waals surface area contributed by atoms with Crippen LogP contribution in [0.5, 0.6) is 0 Å². The number of aryl methyl sites for hydroxylation is 1. The van der Waals surface area contributed by atoms with Gasteiger partial charge in [0.05, 0.1) is 0 Å². The van der Waals surface area contributed by atoms with Gasteiger partial charge in [-0.2, -0.15) is 23.1 Å². The minimum atomic E-state index is 0.656. The van der Waals surface area contributed by atoms with Crippen LogP contribution in [-0.4, -0.2) is 24.6 Å². The maximum Gasteiger partial charge on any atom is 0.0158 e. The van der Waals surface area contributed by atoms with Gasteiger partial charge in [-0.3, -0.25) is 0 Å². The van der Waals surface area contributed by atoms with E-state index in [4.69, 9.17) is 0 Å². The fourth-order valence-electron chi connectivity index (χ4n) is 1.53. The zero-order valence-electron chi connectivity index (χ0n) is 10.5. The minimum Gasteiger partial charge on any atom is -0.316 e. The Morgan fingerprint density at radius 3 is 2.75 bits per heavy atom. The van der Waals surface area contributed by atoms with Crippen molar-refractivity contribution < 1.29 is 0 Å². The molecule has 0 radical (unpaired) electrons. The van der Waals surface area contributed by atoms with E-state index in [1.165, 1.54) is 29.9 Å². The molecule has 0 bridgehead atoms. The van der Waals surface area contributed by atoms with Crippen LogP contribution in [0.3, 0.4) is 0 Å². The van der Waals surface area contributed by atoms with Gasteiger partial charge >= 0.3 is 0 Å². The predicted octanol–water partition coefficient (Wildman–Crippen LogP) is 3.66. The van der Waals surface area contributed by atoms with Gasteiger partial charge in [-0.1, -0.05) is 13.8 Å². The van der Waals surface area contributed by atoms with E-state index in [1.54, 1.807) is 11.3 Å². The van der Waals surface area contributed by atoms with Gasteiger partial charge in [0.15, 0.2) is 0 Å². The molecular formula is C13H23NS2. The summed E-state index contributed by atoms with van der Waals surface area (Å²) in [6.07, 6.45) is 2.45. The van der Waals surface area contributed by atoms with Gasteiger partial charge in [-0.15, -0.1) is 0 Å². The smallest absolute Gasteiger partial charge is 0.0158 e. The Balaban J connectivity index is 2.16. The highest BCUT2D eigenvalue weighted by molar-refractivity contribution is 7.99. The highest BCUT2D eigenvalue weighted by atomic mass is 32.2. The molecule has 0 aliphatic rings. The third-order valence-corrected chi connectivity index (χ3v) is 4.81. The van der Waals surface area contributed by atoms with Gasteiger partial charge in [-0.25, -0.2) is 0 Å². The first-order valence-corrected chi connectivity index (χ1v) is 8.08. The molecule has 0 saturated carbocycles. The van der Waals surface area contributed by atoms with Gasteiger partial charge in [0, 0.05) is 11.8 Å². The Morgan fingerprint density at radius 2 is 2.19 bits per heavy atom. The first-order valence-electron chi connectivity index (χ1n) is 5.98. The molecule has 1 unspecified atom stereocenters. The monoisotopic (exact) mass is 257 g/mol. The molecule has 3 heteroatoms. The predicted molar refractivity (Wildman–Crippen MR) is 77.7 cm³/mol. The molecule has 0 aliphatic heterocycles. The SMILES string of the molecule is CNC(CCc1ccsc1)CSCC(C)C. The van der Waals surface area contributed by atoms with E-state index >= 15 is 0 Å². The molecule has 1 aromatic heterocycles. The Labute approximate surface area is 108 Å². The van der Waals surface area contributed by atoms with Crippen LogP contribution in [0.25, 0.3) is 0 Å². The van der Waals surface area contributed by atoms with Crippen molar-refractivity contribution >= 4 is 23.1 Å². The number of hydrogen-bond acceptors (Lipinski definition) is 3. The van der Waals surface area contributed by atoms with Gasteiger partial charge in [0.1, 0.15) is 0 Å². The number of thiophene rings is 1. The summed E-state index contributed by atoms with van der Waals surface area (Å²) in [4.78, 5) is 0. The maximum atomic E-state index is 3.42. The standard InChI is InChI=1S/C13H23NS2/c1-11(2)8-16-10-13(14-3)5-4-12-6-7-15-9-12/h6-7,9,11,13-14H,4-5,8,10H2,1-3H3. The van der Waals surface area contributed by atoms with Crippen molar-refractivity contribution in [3.05, 3.63) is 22.4 Å². The highest BCUT2D eigenvalue weighted by Crippen LogP contribution is 2.14. The lowest BCUT2D eigenvalue weighted by Gasteiger charge is -2.16. The molecule has 0 aromatic carbocycles. The van der Waals surface area contributed by atoms with E-state index < -0.39 is 0 Å². The van der Waals surface area contributed by atoms with Gasteiger partial charge < -0.3 is 5.32 Å². The topological polar surface area (TPSA) is 12.0 Å². The lowest BCUT2D eigenvalue weighted by Crippen LogP contribution is -2.28. The Kier molecular flexibility index (Phi) is 7.17. The second-order valence-corrected chi connectivity index (χ2v) is 6.44. The van der Waals surface area contributed by atoms with Crippen molar-refractivity contribution in [2.45, 2.75) is 32.7 Å². The van der Waals surface area contributed by atoms with Crippen molar-refractivity contribution in [2.24, 2.45) is 5.92 Å². The summed E-state index contributed by atoms with van der Waals surface area (Å²) in [5.74, 6) is 3.31. The molecule has 16 heavy (non-hydrogen) atoms. The molecule has 0 aliphatic carbocycles. The van der Waals surface area contributed by atoms with E-state index in [0.29, 0.717) is 6.04 Å². The maximum absolute atomic E-state index is 3.42. The van der Waals surface area contributed by atoms with E-state index in [9.17, 15) is 0 Å². The first kappa shape index (κ1) is 14.1. The molecule has 1 N–H and O–H groups in total. The van der Waals surface area contributed by atoms with Crippen LogP contribution in [0, 0.1) is 5.92 Å². The summed E-state index contributed by atoms with van der Waals surface area (Å²) < 4.78 is 0. The van der Waals surface area contributed by atoms with Crippen LogP contribution >= 0.6 is 23.1 Å². The van der Waals surface area contributed by atoms with Crippen LogP contribution in [0.4, 0.5) is 0 Å². The van der Waals surface area contributed by atoms with Crippen molar-refractivity contribution in [3.63, 3.8) is 0 Å². The van der Waals surface area contributed by atoms with Crippen LogP contribution < -0.4 is 5.32 Å². The molecule has 0 spiro atoms. The molecule has 1 heterocycles. The normalized spacial score (nSPS) is 13.2. The van der Waals surface area contributed by atoms with Gasteiger partial charge in [0.25, 0.3) is 0 Å². The molecule has 1 aromatic rings. The number of hydrogen-bond donors (Lipinski definition) is 1. The second-order valence-electron chi connectivity index (χ2n) is 4.59. The fourth-order valence-corrected chi connectivity index (χ4v) is 3.46. The molecule has 1 nitrogen and oxygen atoms in total. The molecule has 92 valence electrons. The Morgan fingerprint density at radius 1 is 1.38 bits per heavy atom. The Bertz CT molecular complexity index is 257. The summed E-state index contributed by atoms with van der Waals surface area (Å²) in [6.45, 7) is 4.57. The number of rotatable bonds is 8. The zero-order chi connectivity index (χ0) is 11.8. The van der Waals surface area contributed by atoms with Crippen molar-refractivity contribution in [1.82, 2.24) is 5.32 Å². The summed E-state index contributed by atoms with van der Waals surface area (Å²) >= 11 is 3.87. The summed E-state index contributed by atoms with van der Waals surface area (Å²) in [6, 6.07) is 2.89. The van der Waals surface area contributed by atoms with Gasteiger partial charge in [0.2, 0.25) is 0 Å². The fraction of sp³-hybridized carbons (Fsp3) is 0.692. The van der Waals surface area contributed by atoms with Crippen LogP contribution in [0.1, 0.15) is 25.8 Å². The van der Waals surface area contributed by atoms with E-state index in [0.717, 1.165) is 5.92 Å². The van der Waals surface area contributed by atoms with Gasteiger partial charge in [-0.05, 0) is 54.0 Å². The quantitative estimate of drug-likeness (QED) is 0.763. The lowest BCUT2D eigenvalue weighted by atomic mass is 10.1. The molecule has 0 saturated heterocycles. The van der Waals surface area contributed by atoms with Crippen molar-refractivity contribution in [2.75, 3.05) is 18.6 Å². The van der Waals surface area contributed by atoms with Crippen LogP contribution in [0.2, 0.25) is 0 Å². The molecule has 0 amide bonds. The van der Waals surface area contributed by atoms with Crippen molar-refractivity contribution in [3.8, 4) is 0 Å². The number of thioether (sulfide) groups is 1. The van der Waals surface area contributed by atoms with E-state index in [1.807, 2.05) is 0 Å². The largest absolute Gasteiger partial charge is 0.316 e. The highest BCUT2D eigenvalue weighted by Gasteiger charge is 2.07. The summed E-state index contributed by atoms with van der Waals surface area (Å²) in [5.41, 5.74) is 1.49. The van der Waals surface area contributed by atoms with E-state index in [2.05, 4.69) is 54.8 Å². The Hall–Kier alpha value is 0.01000. The average molecular weight is 257 g/mol. The van der Waals surface area contributed by atoms with Crippen LogP contribution in [0.15, 0.2) is 16.8 Å². The second kappa shape index (κ2) is 8.15. The summed E-state index contributed by atoms with van der Waals surface area (Å²) in [7, 11) is 2.08. The summed E-state index contributed by atoms with van der Waals surface area (Å²) in [5, 5.41) is 7.84. The third kappa shape index (κ3) is 5.92. The van der Waals surface area contributed by atoms with E-state index in [-0.39, 0.29) is 0 Å². The molecule has 0 fully saturated rings. The zero-order valence-corrected chi connectivity index (χ0v) is 12.2.